The lowest BCUT2D eigenvalue weighted by atomic mass is 9.87. The highest BCUT2D eigenvalue weighted by atomic mass is 127. The van der Waals surface area contributed by atoms with Crippen molar-refractivity contribution in [1.82, 2.24) is 4.90 Å². The molecule has 1 aromatic carbocycles. The third-order valence-corrected chi connectivity index (χ3v) is 6.54. The van der Waals surface area contributed by atoms with Gasteiger partial charge in [-0.25, -0.2) is 4.90 Å². The molecule has 2 fully saturated rings. The van der Waals surface area contributed by atoms with Crippen LogP contribution < -0.4 is 4.90 Å². The zero-order chi connectivity index (χ0) is 19.6. The van der Waals surface area contributed by atoms with E-state index in [1.807, 2.05) is 26.0 Å². The lowest BCUT2D eigenvalue weighted by Gasteiger charge is -2.36. The molecule has 3 rings (SSSR count). The lowest BCUT2D eigenvalue weighted by molar-refractivity contribution is -0.145. The first kappa shape index (κ1) is 20.3. The summed E-state index contributed by atoms with van der Waals surface area (Å²) in [6, 6.07) is 6.60. The fourth-order valence-electron chi connectivity index (χ4n) is 4.13. The van der Waals surface area contributed by atoms with Gasteiger partial charge in [0, 0.05) is 15.5 Å². The van der Waals surface area contributed by atoms with E-state index in [-0.39, 0.29) is 36.1 Å². The van der Waals surface area contributed by atoms with Gasteiger partial charge in [0.05, 0.1) is 12.1 Å². The summed E-state index contributed by atoms with van der Waals surface area (Å²) < 4.78 is 1.04. The molecule has 0 aromatic heterocycles. The highest BCUT2D eigenvalue weighted by molar-refractivity contribution is 14.1. The number of hydrogen-bond donors (Lipinski definition) is 0. The molecule has 27 heavy (non-hydrogen) atoms. The second-order valence-corrected chi connectivity index (χ2v) is 8.85. The molecule has 0 N–H and O–H groups in total. The Morgan fingerprint density at radius 3 is 2.41 bits per heavy atom. The standard InChI is InChI=1S/C21H27IN2O3/c1-3-14(2)23(20(26)15-7-5-4-6-8-15)18-13-19(25)24(21(18)27)17-11-9-16(22)10-12-17/h9-12,14-15,18H,3-8,13H2,1-2H3. The number of nitrogens with zero attached hydrogens (tertiary/aromatic N) is 2. The van der Waals surface area contributed by atoms with Crippen LogP contribution in [0.4, 0.5) is 5.69 Å². The van der Waals surface area contributed by atoms with Gasteiger partial charge in [-0.15, -0.1) is 0 Å². The molecular weight excluding hydrogens is 455 g/mol. The molecule has 146 valence electrons. The van der Waals surface area contributed by atoms with Crippen molar-refractivity contribution >= 4 is 46.0 Å². The zero-order valence-corrected chi connectivity index (χ0v) is 18.1. The van der Waals surface area contributed by atoms with Crippen LogP contribution in [0.3, 0.4) is 0 Å². The van der Waals surface area contributed by atoms with Crippen LogP contribution in [0.2, 0.25) is 0 Å². The summed E-state index contributed by atoms with van der Waals surface area (Å²) in [6.07, 6.45) is 5.93. The van der Waals surface area contributed by atoms with Crippen molar-refractivity contribution < 1.29 is 14.4 Å². The molecule has 2 aliphatic rings. The van der Waals surface area contributed by atoms with Crippen molar-refractivity contribution in [2.75, 3.05) is 4.90 Å². The average molecular weight is 482 g/mol. The molecule has 1 saturated heterocycles. The molecule has 6 heteroatoms. The van der Waals surface area contributed by atoms with Crippen molar-refractivity contribution in [2.24, 2.45) is 5.92 Å². The van der Waals surface area contributed by atoms with Gasteiger partial charge in [-0.3, -0.25) is 14.4 Å². The first-order valence-electron chi connectivity index (χ1n) is 9.88. The fraction of sp³-hybridized carbons (Fsp3) is 0.571. The van der Waals surface area contributed by atoms with Gasteiger partial charge in [0.2, 0.25) is 11.8 Å². The number of benzene rings is 1. The minimum Gasteiger partial charge on any atom is -0.327 e. The summed E-state index contributed by atoms with van der Waals surface area (Å²) in [5.74, 6) is -0.454. The molecule has 1 aliphatic heterocycles. The van der Waals surface area contributed by atoms with E-state index in [1.54, 1.807) is 17.0 Å². The molecule has 0 bridgehead atoms. The van der Waals surface area contributed by atoms with Crippen molar-refractivity contribution in [3.05, 3.63) is 27.8 Å². The Hall–Kier alpha value is -1.44. The molecule has 5 nitrogen and oxygen atoms in total. The number of carbonyl (C=O) groups excluding carboxylic acids is 3. The molecule has 1 aliphatic carbocycles. The number of imide groups is 1. The van der Waals surface area contributed by atoms with Crippen LogP contribution in [0.15, 0.2) is 24.3 Å². The van der Waals surface area contributed by atoms with Crippen LogP contribution in [0.1, 0.15) is 58.8 Å². The topological polar surface area (TPSA) is 57.7 Å². The molecule has 2 atom stereocenters. The van der Waals surface area contributed by atoms with Crippen LogP contribution in [-0.2, 0) is 14.4 Å². The van der Waals surface area contributed by atoms with E-state index in [1.165, 1.54) is 11.3 Å². The second kappa shape index (κ2) is 8.71. The summed E-state index contributed by atoms with van der Waals surface area (Å²) in [6.45, 7) is 4.00. The normalized spacial score (nSPS) is 22.2. The lowest BCUT2D eigenvalue weighted by Crippen LogP contribution is -2.52. The van der Waals surface area contributed by atoms with E-state index in [0.29, 0.717) is 5.69 Å². The van der Waals surface area contributed by atoms with E-state index in [0.717, 1.165) is 35.7 Å². The van der Waals surface area contributed by atoms with Crippen LogP contribution in [0.5, 0.6) is 0 Å². The van der Waals surface area contributed by atoms with E-state index in [2.05, 4.69) is 22.6 Å². The van der Waals surface area contributed by atoms with Crippen LogP contribution in [-0.4, -0.2) is 34.7 Å². The molecule has 3 amide bonds. The molecule has 0 radical (unpaired) electrons. The number of carbonyl (C=O) groups is 3. The van der Waals surface area contributed by atoms with Crippen molar-refractivity contribution in [3.63, 3.8) is 0 Å². The van der Waals surface area contributed by atoms with E-state index >= 15 is 0 Å². The SMILES string of the molecule is CCC(C)N(C(=O)C1CCCCC1)C1CC(=O)N(c2ccc(I)cc2)C1=O. The summed E-state index contributed by atoms with van der Waals surface area (Å²) in [4.78, 5) is 42.1. The van der Waals surface area contributed by atoms with Gasteiger partial charge in [-0.2, -0.15) is 0 Å². The minimum atomic E-state index is -0.679. The van der Waals surface area contributed by atoms with Crippen LogP contribution in [0.25, 0.3) is 0 Å². The molecule has 1 heterocycles. The second-order valence-electron chi connectivity index (χ2n) is 7.60. The zero-order valence-electron chi connectivity index (χ0n) is 16.0. The maximum absolute atomic E-state index is 13.3. The van der Waals surface area contributed by atoms with Crippen LogP contribution in [0, 0.1) is 9.49 Å². The van der Waals surface area contributed by atoms with Gasteiger partial charge < -0.3 is 4.90 Å². The first-order valence-corrected chi connectivity index (χ1v) is 11.0. The molecule has 1 saturated carbocycles. The van der Waals surface area contributed by atoms with Gasteiger partial charge in [0.1, 0.15) is 6.04 Å². The predicted octanol–water partition coefficient (Wildman–Crippen LogP) is 4.13. The highest BCUT2D eigenvalue weighted by Gasteiger charge is 2.46. The Balaban J connectivity index is 1.86. The van der Waals surface area contributed by atoms with E-state index < -0.39 is 6.04 Å². The van der Waals surface area contributed by atoms with Gasteiger partial charge in [0.25, 0.3) is 5.91 Å². The number of anilines is 1. The minimum absolute atomic E-state index is 0.0111. The van der Waals surface area contributed by atoms with Crippen molar-refractivity contribution in [3.8, 4) is 0 Å². The Labute approximate surface area is 174 Å². The van der Waals surface area contributed by atoms with Crippen molar-refractivity contribution in [2.45, 2.75) is 70.9 Å². The molecular formula is C21H27IN2O3. The van der Waals surface area contributed by atoms with Gasteiger partial charge in [-0.05, 0) is 73.0 Å². The smallest absolute Gasteiger partial charge is 0.257 e. The summed E-state index contributed by atoms with van der Waals surface area (Å²) >= 11 is 2.19. The Bertz CT molecular complexity index is 713. The highest BCUT2D eigenvalue weighted by Crippen LogP contribution is 2.32. The third-order valence-electron chi connectivity index (χ3n) is 5.82. The summed E-state index contributed by atoms with van der Waals surface area (Å²) in [7, 11) is 0. The summed E-state index contributed by atoms with van der Waals surface area (Å²) in [5, 5.41) is 0. The van der Waals surface area contributed by atoms with Crippen molar-refractivity contribution in [1.29, 1.82) is 0 Å². The number of halogens is 1. The third kappa shape index (κ3) is 4.20. The van der Waals surface area contributed by atoms with E-state index in [4.69, 9.17) is 0 Å². The van der Waals surface area contributed by atoms with Gasteiger partial charge in [-0.1, -0.05) is 26.2 Å². The first-order chi connectivity index (χ1) is 12.9. The van der Waals surface area contributed by atoms with E-state index in [9.17, 15) is 14.4 Å². The predicted molar refractivity (Wildman–Crippen MR) is 113 cm³/mol. The maximum Gasteiger partial charge on any atom is 0.257 e. The maximum atomic E-state index is 13.3. The fourth-order valence-corrected chi connectivity index (χ4v) is 4.49. The number of amides is 3. The molecule has 1 aromatic rings. The Morgan fingerprint density at radius 2 is 1.81 bits per heavy atom. The van der Waals surface area contributed by atoms with Gasteiger partial charge in [0.15, 0.2) is 0 Å². The van der Waals surface area contributed by atoms with Crippen LogP contribution >= 0.6 is 22.6 Å². The largest absolute Gasteiger partial charge is 0.327 e. The Morgan fingerprint density at radius 1 is 1.19 bits per heavy atom. The molecule has 0 spiro atoms. The Kier molecular flexibility index (Phi) is 6.55. The van der Waals surface area contributed by atoms with Gasteiger partial charge >= 0.3 is 0 Å². The average Bonchev–Trinajstić information content (AvgIpc) is 2.97. The number of hydrogen-bond acceptors (Lipinski definition) is 3. The number of rotatable bonds is 5. The quantitative estimate of drug-likeness (QED) is 0.469. The summed E-state index contributed by atoms with van der Waals surface area (Å²) in [5.41, 5.74) is 0.585. The monoisotopic (exact) mass is 482 g/mol. The molecule has 2 unspecified atom stereocenters.